The molecule has 1 aliphatic heterocycles. The second-order valence-electron chi connectivity index (χ2n) is 6.15. The second-order valence-corrected chi connectivity index (χ2v) is 6.59. The van der Waals surface area contributed by atoms with E-state index in [2.05, 4.69) is 4.98 Å². The summed E-state index contributed by atoms with van der Waals surface area (Å²) in [6, 6.07) is 7.39. The van der Waals surface area contributed by atoms with Crippen LogP contribution < -0.4 is 4.90 Å². The van der Waals surface area contributed by atoms with Crippen LogP contribution in [0.5, 0.6) is 0 Å². The number of nitrogens with zero attached hydrogens (tertiary/aromatic N) is 2. The van der Waals surface area contributed by atoms with Crippen molar-refractivity contribution in [1.29, 1.82) is 0 Å². The normalized spacial score (nSPS) is 14.8. The summed E-state index contributed by atoms with van der Waals surface area (Å²) in [4.78, 5) is 18.8. The number of benzene rings is 1. The number of aromatic nitrogens is 1. The van der Waals surface area contributed by atoms with Gasteiger partial charge in [0.2, 0.25) is 0 Å². The molecule has 0 fully saturated rings. The Bertz CT molecular complexity index is 758. The smallest absolute Gasteiger partial charge is 0.258 e. The topological polar surface area (TPSA) is 42.4 Å². The quantitative estimate of drug-likeness (QED) is 0.859. The summed E-state index contributed by atoms with van der Waals surface area (Å²) in [6.07, 6.45) is 4.27. The lowest BCUT2D eigenvalue weighted by atomic mass is 9.97. The molecule has 0 bridgehead atoms. The Kier molecular flexibility index (Phi) is 4.13. The maximum atomic E-state index is 12.8. The summed E-state index contributed by atoms with van der Waals surface area (Å²) >= 11 is 6.02. The number of anilines is 1. The number of carbonyl (C=O) groups is 1. The van der Waals surface area contributed by atoms with Crippen LogP contribution in [-0.4, -0.2) is 24.5 Å². The minimum absolute atomic E-state index is 0.0166. The Labute approximate surface area is 141 Å². The Morgan fingerprint density at radius 2 is 2.04 bits per heavy atom. The zero-order valence-electron chi connectivity index (χ0n) is 13.5. The van der Waals surface area contributed by atoms with Crippen LogP contribution in [0.1, 0.15) is 35.3 Å². The van der Waals surface area contributed by atoms with Crippen LogP contribution in [0, 0.1) is 0 Å². The highest BCUT2D eigenvalue weighted by atomic mass is 35.5. The summed E-state index contributed by atoms with van der Waals surface area (Å²) in [5, 5.41) is 0.663. The Morgan fingerprint density at radius 3 is 2.78 bits per heavy atom. The van der Waals surface area contributed by atoms with Crippen molar-refractivity contribution in [3.8, 4) is 0 Å². The minimum Gasteiger partial charge on any atom is -0.374 e. The van der Waals surface area contributed by atoms with Crippen molar-refractivity contribution >= 4 is 23.2 Å². The first-order valence-corrected chi connectivity index (χ1v) is 7.91. The van der Waals surface area contributed by atoms with Gasteiger partial charge in [-0.05, 0) is 50.1 Å². The number of rotatable bonds is 3. The standard InChI is InChI=1S/C18H19ClN2O2/c1-18(2,23-3)13-9-15(11-20-10-13)21-7-6-12-8-14(19)4-5-16(12)17(21)22/h4-5,8-11H,6-7H2,1-3H3. The van der Waals surface area contributed by atoms with Gasteiger partial charge in [0, 0.05) is 36.0 Å². The third-order valence-corrected chi connectivity index (χ3v) is 4.62. The highest BCUT2D eigenvalue weighted by Crippen LogP contribution is 2.30. The van der Waals surface area contributed by atoms with Gasteiger partial charge in [-0.3, -0.25) is 9.78 Å². The van der Waals surface area contributed by atoms with Crippen molar-refractivity contribution in [3.63, 3.8) is 0 Å². The van der Waals surface area contributed by atoms with Gasteiger partial charge in [-0.15, -0.1) is 0 Å². The molecule has 1 aromatic heterocycles. The average molecular weight is 331 g/mol. The van der Waals surface area contributed by atoms with Crippen LogP contribution in [0.25, 0.3) is 0 Å². The van der Waals surface area contributed by atoms with Crippen molar-refractivity contribution in [1.82, 2.24) is 4.98 Å². The monoisotopic (exact) mass is 330 g/mol. The zero-order valence-corrected chi connectivity index (χ0v) is 14.2. The van der Waals surface area contributed by atoms with E-state index in [4.69, 9.17) is 16.3 Å². The molecule has 0 atom stereocenters. The van der Waals surface area contributed by atoms with Crippen molar-refractivity contribution < 1.29 is 9.53 Å². The van der Waals surface area contributed by atoms with E-state index in [-0.39, 0.29) is 5.91 Å². The molecule has 23 heavy (non-hydrogen) atoms. The van der Waals surface area contributed by atoms with Crippen molar-refractivity contribution in [2.75, 3.05) is 18.6 Å². The Hall–Kier alpha value is -1.91. The molecule has 1 aromatic carbocycles. The number of halogens is 1. The summed E-state index contributed by atoms with van der Waals surface area (Å²) in [5.41, 5.74) is 2.98. The largest absolute Gasteiger partial charge is 0.374 e. The Balaban J connectivity index is 1.96. The third-order valence-electron chi connectivity index (χ3n) is 4.39. The lowest BCUT2D eigenvalue weighted by Crippen LogP contribution is -2.38. The summed E-state index contributed by atoms with van der Waals surface area (Å²) in [7, 11) is 1.67. The lowest BCUT2D eigenvalue weighted by Gasteiger charge is -2.30. The van der Waals surface area contributed by atoms with Crippen molar-refractivity contribution in [2.45, 2.75) is 25.9 Å². The van der Waals surface area contributed by atoms with E-state index < -0.39 is 5.60 Å². The minimum atomic E-state index is -0.451. The van der Waals surface area contributed by atoms with E-state index in [1.54, 1.807) is 36.5 Å². The van der Waals surface area contributed by atoms with Gasteiger partial charge in [-0.25, -0.2) is 0 Å². The van der Waals surface area contributed by atoms with Gasteiger partial charge < -0.3 is 9.64 Å². The first-order valence-electron chi connectivity index (χ1n) is 7.53. The molecule has 0 saturated carbocycles. The molecule has 0 aliphatic carbocycles. The van der Waals surface area contributed by atoms with E-state index in [0.717, 1.165) is 23.2 Å². The molecular formula is C18H19ClN2O2. The Morgan fingerprint density at radius 1 is 1.26 bits per heavy atom. The lowest BCUT2D eigenvalue weighted by molar-refractivity contribution is 0.0189. The van der Waals surface area contributed by atoms with Crippen LogP contribution in [-0.2, 0) is 16.8 Å². The van der Waals surface area contributed by atoms with E-state index in [1.807, 2.05) is 26.0 Å². The van der Waals surface area contributed by atoms with Gasteiger partial charge in [0.15, 0.2) is 0 Å². The summed E-state index contributed by atoms with van der Waals surface area (Å²) < 4.78 is 5.50. The molecule has 120 valence electrons. The van der Waals surface area contributed by atoms with Crippen molar-refractivity contribution in [3.05, 3.63) is 58.4 Å². The fourth-order valence-corrected chi connectivity index (χ4v) is 2.92. The van der Waals surface area contributed by atoms with Crippen molar-refractivity contribution in [2.24, 2.45) is 0 Å². The SMILES string of the molecule is COC(C)(C)c1cncc(N2CCc3cc(Cl)ccc3C2=O)c1. The average Bonchev–Trinajstić information content (AvgIpc) is 2.55. The number of methoxy groups -OCH3 is 1. The maximum absolute atomic E-state index is 12.8. The first-order chi connectivity index (χ1) is 10.9. The molecule has 1 aliphatic rings. The van der Waals surface area contributed by atoms with Crippen LogP contribution in [0.3, 0.4) is 0 Å². The van der Waals surface area contributed by atoms with Crippen LogP contribution in [0.2, 0.25) is 5.02 Å². The van der Waals surface area contributed by atoms with E-state index in [0.29, 0.717) is 17.1 Å². The highest BCUT2D eigenvalue weighted by Gasteiger charge is 2.27. The van der Waals surface area contributed by atoms with Gasteiger partial charge in [-0.1, -0.05) is 11.6 Å². The van der Waals surface area contributed by atoms with E-state index >= 15 is 0 Å². The van der Waals surface area contributed by atoms with Crippen LogP contribution in [0.4, 0.5) is 5.69 Å². The number of hydrogen-bond donors (Lipinski definition) is 0. The molecule has 0 radical (unpaired) electrons. The summed E-state index contributed by atoms with van der Waals surface area (Å²) in [6.45, 7) is 4.57. The number of fused-ring (bicyclic) bond motifs is 1. The molecule has 2 aromatic rings. The zero-order chi connectivity index (χ0) is 16.6. The molecule has 2 heterocycles. The highest BCUT2D eigenvalue weighted by molar-refractivity contribution is 6.30. The third kappa shape index (κ3) is 2.96. The number of hydrogen-bond acceptors (Lipinski definition) is 3. The second kappa shape index (κ2) is 5.95. The van der Waals surface area contributed by atoms with Gasteiger partial charge in [-0.2, -0.15) is 0 Å². The first kappa shape index (κ1) is 16.0. The molecule has 3 rings (SSSR count). The predicted molar refractivity (Wildman–Crippen MR) is 91.1 cm³/mol. The maximum Gasteiger partial charge on any atom is 0.258 e. The number of pyridine rings is 1. The molecule has 0 spiro atoms. The van der Waals surface area contributed by atoms with Gasteiger partial charge in [0.05, 0.1) is 17.5 Å². The molecule has 0 N–H and O–H groups in total. The summed E-state index contributed by atoms with van der Waals surface area (Å²) in [5.74, 6) is -0.0166. The molecule has 0 saturated heterocycles. The molecule has 5 heteroatoms. The fourth-order valence-electron chi connectivity index (χ4n) is 2.73. The van der Waals surface area contributed by atoms with Gasteiger partial charge in [0.25, 0.3) is 5.91 Å². The fraction of sp³-hybridized carbons (Fsp3) is 0.333. The van der Waals surface area contributed by atoms with E-state index in [9.17, 15) is 4.79 Å². The molecule has 4 nitrogen and oxygen atoms in total. The van der Waals surface area contributed by atoms with Gasteiger partial charge in [0.1, 0.15) is 0 Å². The van der Waals surface area contributed by atoms with Gasteiger partial charge >= 0.3 is 0 Å². The predicted octanol–water partition coefficient (Wildman–Crippen LogP) is 3.82. The molecule has 0 unspecified atom stereocenters. The van der Waals surface area contributed by atoms with Crippen LogP contribution >= 0.6 is 11.6 Å². The molecular weight excluding hydrogens is 312 g/mol. The number of carbonyl (C=O) groups excluding carboxylic acids is 1. The molecule has 1 amide bonds. The number of amides is 1. The number of ether oxygens (including phenoxy) is 1. The van der Waals surface area contributed by atoms with Crippen LogP contribution in [0.15, 0.2) is 36.7 Å². The van der Waals surface area contributed by atoms with E-state index in [1.165, 1.54) is 0 Å².